The molecule has 1 aliphatic rings. The van der Waals surface area contributed by atoms with Crippen molar-refractivity contribution in [2.75, 3.05) is 0 Å². The lowest BCUT2D eigenvalue weighted by molar-refractivity contribution is 0.663. The van der Waals surface area contributed by atoms with Crippen LogP contribution in [0.5, 0.6) is 0 Å². The summed E-state index contributed by atoms with van der Waals surface area (Å²) in [6, 6.07) is 65.7. The molecule has 12 rings (SSSR count). The molecule has 2 aromatic heterocycles. The summed E-state index contributed by atoms with van der Waals surface area (Å²) >= 11 is 0. The van der Waals surface area contributed by atoms with Crippen LogP contribution in [0.4, 0.5) is 0 Å². The molecule has 11 aromatic rings. The fraction of sp³-hybridized carbons (Fsp3) is 0.0189. The molecule has 0 radical (unpaired) electrons. The molecule has 0 bridgehead atoms. The minimum atomic E-state index is -0.361. The third-order valence-corrected chi connectivity index (χ3v) is 11.6. The van der Waals surface area contributed by atoms with Crippen LogP contribution in [0.1, 0.15) is 22.9 Å². The molecular formula is C53H33N3O2. The Balaban J connectivity index is 1.06. The Morgan fingerprint density at radius 3 is 1.78 bits per heavy atom. The number of amidine groups is 2. The van der Waals surface area contributed by atoms with Gasteiger partial charge in [0, 0.05) is 32.7 Å². The summed E-state index contributed by atoms with van der Waals surface area (Å²) in [6.45, 7) is 0. The van der Waals surface area contributed by atoms with Gasteiger partial charge in [-0.3, -0.25) is 0 Å². The number of nitrogens with one attached hydrogen (secondary N) is 1. The summed E-state index contributed by atoms with van der Waals surface area (Å²) in [6.07, 6.45) is -0.361. The summed E-state index contributed by atoms with van der Waals surface area (Å²) < 4.78 is 13.3. The van der Waals surface area contributed by atoms with Gasteiger partial charge in [-0.25, -0.2) is 9.98 Å². The third kappa shape index (κ3) is 5.03. The Hall–Kier alpha value is -7.76. The molecule has 9 aromatic carbocycles. The highest BCUT2D eigenvalue weighted by Crippen LogP contribution is 2.45. The lowest BCUT2D eigenvalue weighted by Gasteiger charge is -2.24. The van der Waals surface area contributed by atoms with E-state index in [1.54, 1.807) is 0 Å². The van der Waals surface area contributed by atoms with Gasteiger partial charge in [0.15, 0.2) is 5.84 Å². The molecule has 5 nitrogen and oxygen atoms in total. The SMILES string of the molecule is c1ccc(C2N=C(c3cccc4c3oc3ccccc34)N=C(c3ccc(-c4ccc(-c5cccc6ccccc56)c5oc6ccccc6c45)c4ccccc34)N2)cc1. The fourth-order valence-electron chi connectivity index (χ4n) is 8.90. The van der Waals surface area contributed by atoms with E-state index in [-0.39, 0.29) is 6.17 Å². The maximum atomic E-state index is 6.79. The van der Waals surface area contributed by atoms with Gasteiger partial charge < -0.3 is 14.2 Å². The molecule has 3 heterocycles. The van der Waals surface area contributed by atoms with E-state index in [0.717, 1.165) is 99.4 Å². The van der Waals surface area contributed by atoms with Gasteiger partial charge in [0.05, 0.1) is 5.56 Å². The predicted molar refractivity (Wildman–Crippen MR) is 239 cm³/mol. The first kappa shape index (κ1) is 32.5. The van der Waals surface area contributed by atoms with Crippen LogP contribution in [0, 0.1) is 0 Å². The van der Waals surface area contributed by atoms with Crippen molar-refractivity contribution in [3.05, 3.63) is 205 Å². The molecular weight excluding hydrogens is 711 g/mol. The number of benzene rings is 9. The maximum Gasteiger partial charge on any atom is 0.163 e. The van der Waals surface area contributed by atoms with Crippen molar-refractivity contribution in [2.45, 2.75) is 6.17 Å². The van der Waals surface area contributed by atoms with Crippen molar-refractivity contribution < 1.29 is 8.83 Å². The minimum Gasteiger partial charge on any atom is -0.455 e. The maximum absolute atomic E-state index is 6.79. The Bertz CT molecular complexity index is 3500. The quantitative estimate of drug-likeness (QED) is 0.191. The molecule has 58 heavy (non-hydrogen) atoms. The molecule has 0 fully saturated rings. The first-order valence-electron chi connectivity index (χ1n) is 19.6. The van der Waals surface area contributed by atoms with E-state index in [2.05, 4.69) is 151 Å². The van der Waals surface area contributed by atoms with E-state index >= 15 is 0 Å². The number of nitrogens with zero attached hydrogens (tertiary/aromatic N) is 2. The van der Waals surface area contributed by atoms with Gasteiger partial charge in [0.2, 0.25) is 0 Å². The van der Waals surface area contributed by atoms with Crippen LogP contribution in [0.25, 0.3) is 87.7 Å². The lowest BCUT2D eigenvalue weighted by atomic mass is 9.89. The van der Waals surface area contributed by atoms with E-state index in [1.165, 1.54) is 10.8 Å². The minimum absolute atomic E-state index is 0.361. The third-order valence-electron chi connectivity index (χ3n) is 11.6. The van der Waals surface area contributed by atoms with E-state index in [4.69, 9.17) is 18.8 Å². The number of para-hydroxylation sites is 3. The van der Waals surface area contributed by atoms with Crippen LogP contribution in [0.15, 0.2) is 207 Å². The molecule has 0 spiro atoms. The molecule has 0 saturated carbocycles. The lowest BCUT2D eigenvalue weighted by Crippen LogP contribution is -2.33. The van der Waals surface area contributed by atoms with Crippen molar-refractivity contribution in [3.63, 3.8) is 0 Å². The zero-order valence-electron chi connectivity index (χ0n) is 31.2. The highest BCUT2D eigenvalue weighted by molar-refractivity contribution is 6.24. The van der Waals surface area contributed by atoms with Gasteiger partial charge in [-0.05, 0) is 68.1 Å². The Kier molecular flexibility index (Phi) is 7.23. The van der Waals surface area contributed by atoms with Crippen LogP contribution in [-0.2, 0) is 0 Å². The molecule has 1 unspecified atom stereocenters. The first-order valence-corrected chi connectivity index (χ1v) is 19.6. The van der Waals surface area contributed by atoms with Gasteiger partial charge in [0.25, 0.3) is 0 Å². The van der Waals surface area contributed by atoms with E-state index in [0.29, 0.717) is 5.84 Å². The number of hydrogen-bond acceptors (Lipinski definition) is 5. The van der Waals surface area contributed by atoms with Gasteiger partial charge in [-0.2, -0.15) is 0 Å². The fourth-order valence-corrected chi connectivity index (χ4v) is 8.90. The Morgan fingerprint density at radius 2 is 0.931 bits per heavy atom. The van der Waals surface area contributed by atoms with Crippen molar-refractivity contribution in [1.29, 1.82) is 0 Å². The average molecular weight is 744 g/mol. The topological polar surface area (TPSA) is 63.0 Å². The molecule has 0 saturated heterocycles. The van der Waals surface area contributed by atoms with Crippen LogP contribution in [-0.4, -0.2) is 11.7 Å². The predicted octanol–water partition coefficient (Wildman–Crippen LogP) is 13.6. The summed E-state index contributed by atoms with van der Waals surface area (Å²) in [7, 11) is 0. The molecule has 1 aliphatic heterocycles. The highest BCUT2D eigenvalue weighted by atomic mass is 16.3. The standard InChI is InChI=1S/C53H33N3O2/c1-2-15-33(16-3-1)51-54-52(56-53(55-51)45-25-13-24-41-39-21-8-10-26-46(39)57-49(41)45)43-31-28-38(36-19-6-7-20-37(36)43)40-29-30-42(35-23-12-17-32-14-4-5-18-34(32)35)50-48(40)44-22-9-11-27-47(44)58-50/h1-31,51H,(H,54,55,56). The summed E-state index contributed by atoms with van der Waals surface area (Å²) in [5.74, 6) is 1.37. The van der Waals surface area contributed by atoms with E-state index in [9.17, 15) is 0 Å². The van der Waals surface area contributed by atoms with Crippen molar-refractivity contribution in [2.24, 2.45) is 9.98 Å². The normalized spacial score (nSPS) is 14.4. The average Bonchev–Trinajstić information content (AvgIpc) is 3.88. The second-order valence-electron chi connectivity index (χ2n) is 14.8. The molecule has 5 heteroatoms. The van der Waals surface area contributed by atoms with E-state index in [1.807, 2.05) is 42.5 Å². The van der Waals surface area contributed by atoms with Gasteiger partial charge in [-0.1, -0.05) is 164 Å². The summed E-state index contributed by atoms with van der Waals surface area (Å²) in [5, 5.41) is 12.6. The number of fused-ring (bicyclic) bond motifs is 8. The van der Waals surface area contributed by atoms with Crippen LogP contribution >= 0.6 is 0 Å². The first-order chi connectivity index (χ1) is 28.8. The number of furan rings is 2. The molecule has 1 atom stereocenters. The van der Waals surface area contributed by atoms with E-state index < -0.39 is 0 Å². The summed E-state index contributed by atoms with van der Waals surface area (Å²) in [4.78, 5) is 10.5. The smallest absolute Gasteiger partial charge is 0.163 e. The van der Waals surface area contributed by atoms with Crippen molar-refractivity contribution in [3.8, 4) is 22.3 Å². The van der Waals surface area contributed by atoms with Crippen molar-refractivity contribution in [1.82, 2.24) is 5.32 Å². The Labute approximate surface area is 333 Å². The second-order valence-corrected chi connectivity index (χ2v) is 14.8. The Morgan fingerprint density at radius 1 is 0.379 bits per heavy atom. The zero-order chi connectivity index (χ0) is 38.2. The van der Waals surface area contributed by atoms with Gasteiger partial charge in [0.1, 0.15) is 34.3 Å². The largest absolute Gasteiger partial charge is 0.455 e. The van der Waals surface area contributed by atoms with Gasteiger partial charge in [-0.15, -0.1) is 0 Å². The van der Waals surface area contributed by atoms with Gasteiger partial charge >= 0.3 is 0 Å². The molecule has 0 aliphatic carbocycles. The van der Waals surface area contributed by atoms with Crippen LogP contribution in [0.3, 0.4) is 0 Å². The summed E-state index contributed by atoms with van der Waals surface area (Å²) in [5.41, 5.74) is 10.7. The molecule has 1 N–H and O–H groups in total. The number of hydrogen-bond donors (Lipinski definition) is 1. The van der Waals surface area contributed by atoms with Crippen molar-refractivity contribution >= 4 is 77.1 Å². The highest BCUT2D eigenvalue weighted by Gasteiger charge is 2.26. The number of aliphatic imine (C=N–C) groups is 2. The second kappa shape index (κ2) is 12.9. The molecule has 0 amide bonds. The van der Waals surface area contributed by atoms with Crippen LogP contribution in [0.2, 0.25) is 0 Å². The van der Waals surface area contributed by atoms with Crippen LogP contribution < -0.4 is 5.32 Å². The monoisotopic (exact) mass is 743 g/mol. The zero-order valence-corrected chi connectivity index (χ0v) is 31.2. The number of rotatable bonds is 5. The molecule has 272 valence electrons.